The van der Waals surface area contributed by atoms with Crippen LogP contribution >= 0.6 is 0 Å². The molecule has 1 aliphatic rings. The second-order valence-electron chi connectivity index (χ2n) is 13.9. The van der Waals surface area contributed by atoms with Crippen LogP contribution in [0.4, 0.5) is 43.0 Å². The first-order valence-corrected chi connectivity index (χ1v) is 15.8. The molecule has 4 rings (SSSR count). The molecule has 18 heteroatoms. The zero-order chi connectivity index (χ0) is 39.0. The number of carbonyl (C=O) groups excluding carboxylic acids is 3. The fourth-order valence-electron chi connectivity index (χ4n) is 5.27. The number of imide groups is 1. The molecule has 1 N–H and O–H groups in total. The van der Waals surface area contributed by atoms with Crippen LogP contribution in [0.5, 0.6) is 17.6 Å². The Bertz CT molecular complexity index is 1800. The number of nitrogens with one attached hydrogen (secondary N) is 1. The molecule has 0 unspecified atom stereocenters. The summed E-state index contributed by atoms with van der Waals surface area (Å²) in [4.78, 5) is 52.4. The van der Waals surface area contributed by atoms with Crippen molar-refractivity contribution in [3.8, 4) is 17.6 Å². The third-order valence-electron chi connectivity index (χ3n) is 7.77. The van der Waals surface area contributed by atoms with Gasteiger partial charge in [0.25, 0.3) is 5.91 Å². The molecule has 1 saturated heterocycles. The van der Waals surface area contributed by atoms with Crippen LogP contribution in [0.15, 0.2) is 42.7 Å². The SMILES string of the molecule is COc1c([C@H]2[C@H](C(=O)Nc3ccnc(Oc4nccc(N(C(=O)OC(C)(C)C)C(=O)OC(C)(C)C)n4)c3)O[C@@](C)(C(F)(F)F)[C@H]2C)ccc(F)c1F. The second-order valence-corrected chi connectivity index (χ2v) is 13.9. The van der Waals surface area contributed by atoms with Crippen molar-refractivity contribution >= 4 is 29.6 Å². The highest BCUT2D eigenvalue weighted by molar-refractivity contribution is 6.08. The molecule has 2 aromatic heterocycles. The summed E-state index contributed by atoms with van der Waals surface area (Å²) in [7, 11) is 1.02. The Labute approximate surface area is 295 Å². The van der Waals surface area contributed by atoms with E-state index in [4.69, 9.17) is 23.7 Å². The number of alkyl halides is 3. The molecule has 1 aromatic carbocycles. The molecule has 0 radical (unpaired) electrons. The van der Waals surface area contributed by atoms with Crippen molar-refractivity contribution in [3.05, 3.63) is 59.9 Å². The maximum atomic E-state index is 14.7. The van der Waals surface area contributed by atoms with E-state index >= 15 is 0 Å². The first-order chi connectivity index (χ1) is 24.0. The Morgan fingerprint density at radius 3 is 2.08 bits per heavy atom. The summed E-state index contributed by atoms with van der Waals surface area (Å²) in [6.45, 7) is 11.5. The van der Waals surface area contributed by atoms with Crippen molar-refractivity contribution in [1.82, 2.24) is 15.0 Å². The third-order valence-corrected chi connectivity index (χ3v) is 7.77. The number of methoxy groups -OCH3 is 1. The molecule has 0 saturated carbocycles. The van der Waals surface area contributed by atoms with Gasteiger partial charge in [-0.2, -0.15) is 27.4 Å². The van der Waals surface area contributed by atoms with Crippen molar-refractivity contribution in [2.75, 3.05) is 17.3 Å². The van der Waals surface area contributed by atoms with Gasteiger partial charge >= 0.3 is 24.4 Å². The van der Waals surface area contributed by atoms with Gasteiger partial charge in [-0.25, -0.2) is 23.9 Å². The van der Waals surface area contributed by atoms with Crippen molar-refractivity contribution in [3.63, 3.8) is 0 Å². The summed E-state index contributed by atoms with van der Waals surface area (Å²) in [6.07, 6.45) is -6.65. The van der Waals surface area contributed by atoms with Crippen LogP contribution in [0.25, 0.3) is 0 Å². The molecular weight excluding hydrogens is 701 g/mol. The molecule has 0 aliphatic carbocycles. The Morgan fingerprint density at radius 1 is 0.923 bits per heavy atom. The third kappa shape index (κ3) is 8.66. The maximum absolute atomic E-state index is 14.7. The average Bonchev–Trinajstić information content (AvgIpc) is 3.28. The highest BCUT2D eigenvalue weighted by Gasteiger charge is 2.66. The highest BCUT2D eigenvalue weighted by Crippen LogP contribution is 2.55. The molecule has 0 bridgehead atoms. The zero-order valence-corrected chi connectivity index (χ0v) is 29.7. The summed E-state index contributed by atoms with van der Waals surface area (Å²) < 4.78 is 98.5. The molecule has 3 aromatic rings. The van der Waals surface area contributed by atoms with E-state index in [1.54, 1.807) is 41.5 Å². The van der Waals surface area contributed by atoms with E-state index in [0.29, 0.717) is 4.90 Å². The number of hydrogen-bond donors (Lipinski definition) is 1. The number of nitrogens with zero attached hydrogens (tertiary/aromatic N) is 4. The molecule has 52 heavy (non-hydrogen) atoms. The van der Waals surface area contributed by atoms with Crippen molar-refractivity contribution in [2.24, 2.45) is 5.92 Å². The van der Waals surface area contributed by atoms with Crippen LogP contribution in [-0.2, 0) is 19.0 Å². The summed E-state index contributed by atoms with van der Waals surface area (Å²) in [5.41, 5.74) is -5.08. The fraction of sp³-hybridized carbons (Fsp3) is 0.471. The van der Waals surface area contributed by atoms with Gasteiger partial charge in [0.15, 0.2) is 23.0 Å². The largest absolute Gasteiger partial charge is 0.493 e. The van der Waals surface area contributed by atoms with Crippen LogP contribution in [0.3, 0.4) is 0 Å². The van der Waals surface area contributed by atoms with Crippen LogP contribution < -0.4 is 19.7 Å². The lowest BCUT2D eigenvalue weighted by Crippen LogP contribution is -2.47. The van der Waals surface area contributed by atoms with Gasteiger partial charge in [-0.3, -0.25) is 4.79 Å². The minimum atomic E-state index is -4.96. The van der Waals surface area contributed by atoms with E-state index in [0.717, 1.165) is 26.2 Å². The number of carbonyl (C=O) groups is 3. The molecule has 1 aliphatic heterocycles. The monoisotopic (exact) mass is 739 g/mol. The predicted molar refractivity (Wildman–Crippen MR) is 174 cm³/mol. The quantitative estimate of drug-likeness (QED) is 0.237. The number of hydrogen-bond acceptors (Lipinski definition) is 11. The van der Waals surface area contributed by atoms with Crippen LogP contribution in [0, 0.1) is 17.6 Å². The molecular formula is C34H38F5N5O8. The molecule has 3 amide bonds. The molecule has 0 spiro atoms. The molecule has 13 nitrogen and oxygen atoms in total. The topological polar surface area (TPSA) is 151 Å². The first-order valence-electron chi connectivity index (χ1n) is 15.8. The lowest BCUT2D eigenvalue weighted by Gasteiger charge is -2.32. The van der Waals surface area contributed by atoms with Crippen molar-refractivity contribution in [2.45, 2.75) is 90.4 Å². The first kappa shape index (κ1) is 39.7. The zero-order valence-electron chi connectivity index (χ0n) is 29.7. The van der Waals surface area contributed by atoms with Gasteiger partial charge in [-0.05, 0) is 60.6 Å². The normalized spacial score (nSPS) is 20.5. The van der Waals surface area contributed by atoms with E-state index in [9.17, 15) is 36.3 Å². The highest BCUT2D eigenvalue weighted by atomic mass is 19.4. The standard InChI is InChI=1S/C34H38F5N5O8/c1-17-23(19-10-11-20(35)24(36)25(19)48-9)26(50-33(17,8)34(37,38)39)27(45)42-18-12-14-40-22(16-18)49-28-41-15-13-21(43-28)44(29(46)51-31(2,3)4)30(47)52-32(5,6)7/h10-17,23,26H,1-9H3,(H,40,42,45)/t17-,23-,26+,33+/m0/s1. The minimum absolute atomic E-state index is 0.0249. The maximum Gasteiger partial charge on any atom is 0.425 e. The van der Waals surface area contributed by atoms with Gasteiger partial charge in [0.1, 0.15) is 17.3 Å². The minimum Gasteiger partial charge on any atom is -0.493 e. The lowest BCUT2D eigenvalue weighted by molar-refractivity contribution is -0.272. The van der Waals surface area contributed by atoms with Crippen molar-refractivity contribution < 1.29 is 60.0 Å². The van der Waals surface area contributed by atoms with Crippen LogP contribution in [-0.4, -0.2) is 69.2 Å². The number of anilines is 2. The lowest BCUT2D eigenvalue weighted by atomic mass is 9.77. The predicted octanol–water partition coefficient (Wildman–Crippen LogP) is 7.71. The number of amides is 3. The molecule has 1 fully saturated rings. The Balaban J connectivity index is 1.63. The van der Waals surface area contributed by atoms with Crippen LogP contribution in [0.2, 0.25) is 0 Å². The van der Waals surface area contributed by atoms with Gasteiger partial charge in [-0.15, -0.1) is 0 Å². The van der Waals surface area contributed by atoms with E-state index < -0.39 is 82.4 Å². The van der Waals surface area contributed by atoms with E-state index in [1.807, 2.05) is 0 Å². The van der Waals surface area contributed by atoms with Gasteiger partial charge < -0.3 is 29.0 Å². The number of ether oxygens (including phenoxy) is 5. The second kappa shape index (κ2) is 14.5. The van der Waals surface area contributed by atoms with Gasteiger partial charge in [0.05, 0.1) is 7.11 Å². The number of rotatable bonds is 7. The average molecular weight is 740 g/mol. The van der Waals surface area contributed by atoms with Gasteiger partial charge in [-0.1, -0.05) is 13.0 Å². The summed E-state index contributed by atoms with van der Waals surface area (Å²) in [5.74, 6) is -7.87. The van der Waals surface area contributed by atoms with Gasteiger partial charge in [0.2, 0.25) is 11.7 Å². The van der Waals surface area contributed by atoms with E-state index in [-0.39, 0.29) is 22.9 Å². The van der Waals surface area contributed by atoms with Gasteiger partial charge in [0, 0.05) is 47.6 Å². The Morgan fingerprint density at radius 2 is 1.52 bits per heavy atom. The summed E-state index contributed by atoms with van der Waals surface area (Å²) in [5, 5.41) is 2.45. The summed E-state index contributed by atoms with van der Waals surface area (Å²) >= 11 is 0. The number of halogens is 5. The number of benzene rings is 1. The smallest absolute Gasteiger partial charge is 0.425 e. The van der Waals surface area contributed by atoms with Crippen molar-refractivity contribution in [1.29, 1.82) is 0 Å². The van der Waals surface area contributed by atoms with E-state index in [2.05, 4.69) is 20.3 Å². The molecule has 282 valence electrons. The fourth-order valence-corrected chi connectivity index (χ4v) is 5.27. The number of pyridine rings is 1. The molecule has 3 heterocycles. The molecule has 4 atom stereocenters. The Kier molecular flexibility index (Phi) is 11.0. The van der Waals surface area contributed by atoms with E-state index in [1.165, 1.54) is 37.5 Å². The number of aromatic nitrogens is 3. The summed E-state index contributed by atoms with van der Waals surface area (Å²) in [6, 6.07) is 5.06. The van der Waals surface area contributed by atoms with Crippen LogP contribution in [0.1, 0.15) is 66.9 Å². The Hall–Kier alpha value is -5.13.